The Morgan fingerprint density at radius 1 is 1.15 bits per heavy atom. The van der Waals surface area contributed by atoms with Crippen LogP contribution in [0.5, 0.6) is 5.75 Å². The van der Waals surface area contributed by atoms with Crippen molar-refractivity contribution in [3.05, 3.63) is 72.1 Å². The topological polar surface area (TPSA) is 98.4 Å². The highest BCUT2D eigenvalue weighted by molar-refractivity contribution is 8.00. The van der Waals surface area contributed by atoms with Gasteiger partial charge in [0, 0.05) is 46.7 Å². The van der Waals surface area contributed by atoms with Gasteiger partial charge in [-0.05, 0) is 37.3 Å². The van der Waals surface area contributed by atoms with Crippen LogP contribution in [0.1, 0.15) is 16.1 Å². The maximum Gasteiger partial charge on any atom is 0.251 e. The number of carbonyl (C=O) groups is 2. The van der Waals surface area contributed by atoms with Crippen molar-refractivity contribution in [2.75, 3.05) is 24.7 Å². The summed E-state index contributed by atoms with van der Waals surface area (Å²) >= 11 is 1.45. The Hall–Kier alpha value is -3.72. The van der Waals surface area contributed by atoms with E-state index < -0.39 is 0 Å². The van der Waals surface area contributed by atoms with Gasteiger partial charge in [0.15, 0.2) is 5.82 Å². The van der Waals surface area contributed by atoms with Crippen molar-refractivity contribution in [3.63, 3.8) is 0 Å². The molecule has 0 aliphatic rings. The molecule has 9 heteroatoms. The maximum atomic E-state index is 12.4. The number of aromatic nitrogens is 2. The quantitative estimate of drug-likeness (QED) is 0.362. The molecule has 0 saturated heterocycles. The van der Waals surface area contributed by atoms with Crippen molar-refractivity contribution in [2.45, 2.75) is 18.4 Å². The normalized spacial score (nSPS) is 10.8. The molecule has 2 aromatic carbocycles. The maximum absolute atomic E-state index is 12.4. The highest BCUT2D eigenvalue weighted by atomic mass is 32.2. The molecule has 0 aliphatic carbocycles. The van der Waals surface area contributed by atoms with E-state index >= 15 is 0 Å². The largest absolute Gasteiger partial charge is 0.497 e. The van der Waals surface area contributed by atoms with Gasteiger partial charge in [0.2, 0.25) is 5.91 Å². The van der Waals surface area contributed by atoms with Crippen molar-refractivity contribution in [1.82, 2.24) is 15.0 Å². The van der Waals surface area contributed by atoms with Crippen molar-refractivity contribution in [3.8, 4) is 5.75 Å². The molecule has 0 spiro atoms. The molecule has 0 unspecified atom stereocenters. The molecule has 4 rings (SSSR count). The molecule has 0 aliphatic heterocycles. The molecule has 2 amide bonds. The van der Waals surface area contributed by atoms with Crippen LogP contribution in [-0.2, 0) is 11.3 Å². The molecule has 0 fully saturated rings. The van der Waals surface area contributed by atoms with Gasteiger partial charge in [-0.2, -0.15) is 0 Å². The van der Waals surface area contributed by atoms with E-state index in [-0.39, 0.29) is 17.6 Å². The Kier molecular flexibility index (Phi) is 6.99. The summed E-state index contributed by atoms with van der Waals surface area (Å²) in [5.74, 6) is 1.71. The Labute approximate surface area is 195 Å². The van der Waals surface area contributed by atoms with Gasteiger partial charge in [0.1, 0.15) is 11.5 Å². The summed E-state index contributed by atoms with van der Waals surface area (Å²) in [6.07, 6.45) is 2.02. The molecule has 170 valence electrons. The number of para-hydroxylation sites is 1. The molecule has 8 nitrogen and oxygen atoms in total. The van der Waals surface area contributed by atoms with E-state index in [0.29, 0.717) is 36.0 Å². The Morgan fingerprint density at radius 3 is 2.67 bits per heavy atom. The lowest BCUT2D eigenvalue weighted by Crippen LogP contribution is -2.27. The minimum absolute atomic E-state index is 0.136. The van der Waals surface area contributed by atoms with Crippen molar-refractivity contribution >= 4 is 40.3 Å². The fourth-order valence-electron chi connectivity index (χ4n) is 3.39. The van der Waals surface area contributed by atoms with Crippen LogP contribution in [0, 0.1) is 6.92 Å². The summed E-state index contributed by atoms with van der Waals surface area (Å²) in [4.78, 5) is 25.7. The van der Waals surface area contributed by atoms with Crippen LogP contribution >= 0.6 is 11.8 Å². The second kappa shape index (κ2) is 10.3. The van der Waals surface area contributed by atoms with Gasteiger partial charge < -0.3 is 24.5 Å². The number of aryl methyl sites for hydroxylation is 1. The minimum Gasteiger partial charge on any atom is -0.497 e. The van der Waals surface area contributed by atoms with Gasteiger partial charge >= 0.3 is 0 Å². The van der Waals surface area contributed by atoms with E-state index in [9.17, 15) is 9.59 Å². The summed E-state index contributed by atoms with van der Waals surface area (Å²) in [5, 5.41) is 10.5. The standard InChI is InChI=1S/C24H24N4O4S/c1-16-13-22(27-32-16)26-23(29)15-33-21-14-28(20-6-4-3-5-19(20)21)12-11-25-24(30)17-7-9-18(31-2)10-8-17/h3-10,13-14H,11-12,15H2,1-2H3,(H,25,30)(H,26,27,29). The third-order valence-electron chi connectivity index (χ3n) is 5.00. The first-order valence-electron chi connectivity index (χ1n) is 10.4. The van der Waals surface area contributed by atoms with Crippen LogP contribution in [0.15, 0.2) is 70.2 Å². The summed E-state index contributed by atoms with van der Waals surface area (Å²) in [6.45, 7) is 2.85. The van der Waals surface area contributed by atoms with E-state index in [4.69, 9.17) is 9.26 Å². The zero-order valence-electron chi connectivity index (χ0n) is 18.3. The third-order valence-corrected chi connectivity index (χ3v) is 6.04. The van der Waals surface area contributed by atoms with Gasteiger partial charge in [0.25, 0.3) is 5.91 Å². The number of benzene rings is 2. The average molecular weight is 465 g/mol. The number of nitrogens with zero attached hydrogens (tertiary/aromatic N) is 2. The van der Waals surface area contributed by atoms with Crippen molar-refractivity contribution < 1.29 is 18.8 Å². The number of methoxy groups -OCH3 is 1. The number of anilines is 1. The summed E-state index contributed by atoms with van der Waals surface area (Å²) in [6, 6.07) is 16.7. The smallest absolute Gasteiger partial charge is 0.251 e. The van der Waals surface area contributed by atoms with Crippen molar-refractivity contribution in [2.24, 2.45) is 0 Å². The molecule has 0 saturated carbocycles. The number of fused-ring (bicyclic) bond motifs is 1. The molecular weight excluding hydrogens is 440 g/mol. The fourth-order valence-corrected chi connectivity index (χ4v) is 4.28. The zero-order valence-corrected chi connectivity index (χ0v) is 19.1. The number of nitrogens with one attached hydrogen (secondary N) is 2. The monoisotopic (exact) mass is 464 g/mol. The number of carbonyl (C=O) groups excluding carboxylic acids is 2. The number of amides is 2. The Morgan fingerprint density at radius 2 is 1.94 bits per heavy atom. The lowest BCUT2D eigenvalue weighted by atomic mass is 10.2. The van der Waals surface area contributed by atoms with E-state index in [1.54, 1.807) is 44.4 Å². The number of hydrogen-bond acceptors (Lipinski definition) is 6. The van der Waals surface area contributed by atoms with Crippen LogP contribution in [-0.4, -0.2) is 40.9 Å². The van der Waals surface area contributed by atoms with E-state index in [2.05, 4.69) is 20.4 Å². The van der Waals surface area contributed by atoms with E-state index in [1.807, 2.05) is 30.5 Å². The second-order valence-electron chi connectivity index (χ2n) is 7.35. The lowest BCUT2D eigenvalue weighted by molar-refractivity contribution is -0.113. The predicted molar refractivity (Wildman–Crippen MR) is 128 cm³/mol. The minimum atomic E-state index is -0.156. The van der Waals surface area contributed by atoms with Crippen LogP contribution < -0.4 is 15.4 Å². The number of thioether (sulfide) groups is 1. The molecule has 0 bridgehead atoms. The van der Waals surface area contributed by atoms with E-state index in [0.717, 1.165) is 15.8 Å². The molecule has 33 heavy (non-hydrogen) atoms. The molecule has 2 N–H and O–H groups in total. The first-order valence-corrected chi connectivity index (χ1v) is 11.4. The fraction of sp³-hybridized carbons (Fsp3) is 0.208. The lowest BCUT2D eigenvalue weighted by Gasteiger charge is -2.08. The predicted octanol–water partition coefficient (Wildman–Crippen LogP) is 4.11. The summed E-state index contributed by atoms with van der Waals surface area (Å²) < 4.78 is 12.2. The van der Waals surface area contributed by atoms with Gasteiger partial charge in [-0.3, -0.25) is 9.59 Å². The SMILES string of the molecule is COc1ccc(C(=O)NCCn2cc(SCC(=O)Nc3cc(C)on3)c3ccccc32)cc1. The molecule has 4 aromatic rings. The first-order chi connectivity index (χ1) is 16.0. The molecular formula is C24H24N4O4S. The van der Waals surface area contributed by atoms with Gasteiger partial charge in [-0.1, -0.05) is 23.4 Å². The van der Waals surface area contributed by atoms with Crippen LogP contribution in [0.25, 0.3) is 10.9 Å². The van der Waals surface area contributed by atoms with E-state index in [1.165, 1.54) is 11.8 Å². The highest BCUT2D eigenvalue weighted by Gasteiger charge is 2.12. The molecule has 0 radical (unpaired) electrons. The van der Waals surface area contributed by atoms with Gasteiger partial charge in [-0.15, -0.1) is 11.8 Å². The third kappa shape index (κ3) is 5.56. The van der Waals surface area contributed by atoms with Gasteiger partial charge in [-0.25, -0.2) is 0 Å². The molecule has 2 aromatic heterocycles. The second-order valence-corrected chi connectivity index (χ2v) is 8.37. The van der Waals surface area contributed by atoms with Gasteiger partial charge in [0.05, 0.1) is 12.9 Å². The number of hydrogen-bond donors (Lipinski definition) is 2. The van der Waals surface area contributed by atoms with Crippen molar-refractivity contribution in [1.29, 1.82) is 0 Å². The van der Waals surface area contributed by atoms with Crippen LogP contribution in [0.4, 0.5) is 5.82 Å². The number of rotatable bonds is 9. The Bertz CT molecular complexity index is 1260. The zero-order chi connectivity index (χ0) is 23.2. The molecule has 2 heterocycles. The highest BCUT2D eigenvalue weighted by Crippen LogP contribution is 2.30. The first kappa shape index (κ1) is 22.5. The summed E-state index contributed by atoms with van der Waals surface area (Å²) in [5.41, 5.74) is 1.63. The average Bonchev–Trinajstić information content (AvgIpc) is 3.40. The van der Waals surface area contributed by atoms with Crippen LogP contribution in [0.3, 0.4) is 0 Å². The van der Waals surface area contributed by atoms with Crippen LogP contribution in [0.2, 0.25) is 0 Å². The summed E-state index contributed by atoms with van der Waals surface area (Å²) in [7, 11) is 1.59. The molecule has 0 atom stereocenters. The number of ether oxygens (including phenoxy) is 1. The Balaban J connectivity index is 1.37.